The molecule has 0 aromatic heterocycles. The lowest BCUT2D eigenvalue weighted by Gasteiger charge is -2.05. The summed E-state index contributed by atoms with van der Waals surface area (Å²) in [6, 6.07) is 11.5. The summed E-state index contributed by atoms with van der Waals surface area (Å²) in [4.78, 5) is 0. The van der Waals surface area contributed by atoms with E-state index >= 15 is 0 Å². The molecule has 0 saturated heterocycles. The lowest BCUT2D eigenvalue weighted by molar-refractivity contribution is 0.394. The molecular formula is C22H24O4. The fourth-order valence-corrected chi connectivity index (χ4v) is 2.31. The molecule has 0 aliphatic rings. The predicted molar refractivity (Wildman–Crippen MR) is 106 cm³/mol. The minimum absolute atomic E-state index is 0.764. The molecule has 26 heavy (non-hydrogen) atoms. The topological polar surface area (TPSA) is 36.9 Å². The number of methoxy groups -OCH3 is 4. The van der Waals surface area contributed by atoms with Crippen molar-refractivity contribution < 1.29 is 18.9 Å². The van der Waals surface area contributed by atoms with E-state index in [0.29, 0.717) is 0 Å². The lowest BCUT2D eigenvalue weighted by Crippen LogP contribution is -1.88. The molecule has 4 heteroatoms. The van der Waals surface area contributed by atoms with Gasteiger partial charge in [0.2, 0.25) is 0 Å². The minimum atomic E-state index is 0.764. The predicted octanol–water partition coefficient (Wildman–Crippen LogP) is 5.00. The summed E-state index contributed by atoms with van der Waals surface area (Å²) in [5, 5.41) is 0. The first-order chi connectivity index (χ1) is 12.7. The van der Waals surface area contributed by atoms with Gasteiger partial charge < -0.3 is 18.9 Å². The van der Waals surface area contributed by atoms with E-state index in [0.717, 1.165) is 34.1 Å². The fourth-order valence-electron chi connectivity index (χ4n) is 2.31. The van der Waals surface area contributed by atoms with Crippen molar-refractivity contribution in [3.8, 4) is 23.0 Å². The van der Waals surface area contributed by atoms with Gasteiger partial charge in [-0.05, 0) is 35.4 Å². The second-order valence-corrected chi connectivity index (χ2v) is 5.40. The number of rotatable bonds is 8. The van der Waals surface area contributed by atoms with Crippen LogP contribution in [-0.4, -0.2) is 28.4 Å². The van der Waals surface area contributed by atoms with Crippen molar-refractivity contribution >= 4 is 12.2 Å². The van der Waals surface area contributed by atoms with Gasteiger partial charge in [-0.1, -0.05) is 36.5 Å². The zero-order valence-corrected chi connectivity index (χ0v) is 15.6. The molecule has 136 valence electrons. The van der Waals surface area contributed by atoms with E-state index in [1.54, 1.807) is 28.4 Å². The summed E-state index contributed by atoms with van der Waals surface area (Å²) in [6.07, 6.45) is 11.8. The Morgan fingerprint density at radius 1 is 0.462 bits per heavy atom. The Bertz CT molecular complexity index is 692. The van der Waals surface area contributed by atoms with Crippen molar-refractivity contribution in [2.24, 2.45) is 0 Å². The Labute approximate surface area is 155 Å². The van der Waals surface area contributed by atoms with Gasteiger partial charge in [-0.15, -0.1) is 0 Å². The summed E-state index contributed by atoms with van der Waals surface area (Å²) in [5.41, 5.74) is 2.01. The Morgan fingerprint density at radius 3 is 1.04 bits per heavy atom. The number of allylic oxidation sites excluding steroid dienone is 4. The van der Waals surface area contributed by atoms with Gasteiger partial charge >= 0.3 is 0 Å². The van der Waals surface area contributed by atoms with Gasteiger partial charge in [-0.3, -0.25) is 0 Å². The molecule has 0 radical (unpaired) electrons. The molecule has 0 spiro atoms. The molecule has 0 amide bonds. The first kappa shape index (κ1) is 19.2. The average Bonchev–Trinajstić information content (AvgIpc) is 2.69. The normalized spacial score (nSPS) is 11.4. The smallest absolute Gasteiger partial charge is 0.123 e. The van der Waals surface area contributed by atoms with Crippen LogP contribution in [0.15, 0.2) is 60.7 Å². The van der Waals surface area contributed by atoms with Crippen LogP contribution in [0.3, 0.4) is 0 Å². The number of benzene rings is 2. The van der Waals surface area contributed by atoms with Crippen molar-refractivity contribution in [1.29, 1.82) is 0 Å². The molecule has 0 aliphatic heterocycles. The first-order valence-electron chi connectivity index (χ1n) is 8.16. The molecule has 0 saturated carbocycles. The highest BCUT2D eigenvalue weighted by atomic mass is 16.5. The Balaban J connectivity index is 2.03. The average molecular weight is 352 g/mol. The molecule has 0 N–H and O–H groups in total. The Morgan fingerprint density at radius 2 is 0.769 bits per heavy atom. The maximum absolute atomic E-state index is 5.27. The van der Waals surface area contributed by atoms with Crippen LogP contribution < -0.4 is 18.9 Å². The largest absolute Gasteiger partial charge is 0.497 e. The summed E-state index contributed by atoms with van der Waals surface area (Å²) in [6.45, 7) is 0. The molecule has 2 aromatic rings. The van der Waals surface area contributed by atoms with E-state index in [-0.39, 0.29) is 0 Å². The van der Waals surface area contributed by atoms with Gasteiger partial charge in [0.05, 0.1) is 28.4 Å². The fraction of sp³-hybridized carbons (Fsp3) is 0.182. The van der Waals surface area contributed by atoms with Gasteiger partial charge in [-0.2, -0.15) is 0 Å². The lowest BCUT2D eigenvalue weighted by atomic mass is 10.1. The zero-order chi connectivity index (χ0) is 18.8. The number of ether oxygens (including phenoxy) is 4. The highest BCUT2D eigenvalue weighted by Gasteiger charge is 1.99. The molecule has 2 aromatic carbocycles. The van der Waals surface area contributed by atoms with Gasteiger partial charge in [0, 0.05) is 12.1 Å². The van der Waals surface area contributed by atoms with E-state index in [1.165, 1.54) is 0 Å². The molecule has 0 fully saturated rings. The third-order valence-electron chi connectivity index (χ3n) is 3.66. The summed E-state index contributed by atoms with van der Waals surface area (Å²) in [7, 11) is 6.56. The molecule has 0 heterocycles. The second kappa shape index (κ2) is 9.99. The monoisotopic (exact) mass is 352 g/mol. The molecule has 0 aliphatic carbocycles. The van der Waals surface area contributed by atoms with Crippen LogP contribution in [0, 0.1) is 0 Å². The summed E-state index contributed by atoms with van der Waals surface area (Å²) < 4.78 is 21.1. The van der Waals surface area contributed by atoms with E-state index in [9.17, 15) is 0 Å². The van der Waals surface area contributed by atoms with Gasteiger partial charge in [-0.25, -0.2) is 0 Å². The van der Waals surface area contributed by atoms with Gasteiger partial charge in [0.15, 0.2) is 0 Å². The van der Waals surface area contributed by atoms with Crippen LogP contribution in [0.5, 0.6) is 23.0 Å². The van der Waals surface area contributed by atoms with E-state index < -0.39 is 0 Å². The van der Waals surface area contributed by atoms with E-state index in [4.69, 9.17) is 18.9 Å². The SMILES string of the molecule is COc1cc(/C=C/C=C/C=C/c2cc(OC)cc(OC)c2)cc(OC)c1. The number of hydrogen-bond donors (Lipinski definition) is 0. The van der Waals surface area contributed by atoms with Crippen LogP contribution in [-0.2, 0) is 0 Å². The Hall–Kier alpha value is -3.14. The van der Waals surface area contributed by atoms with E-state index in [1.807, 2.05) is 72.9 Å². The van der Waals surface area contributed by atoms with Crippen molar-refractivity contribution in [3.63, 3.8) is 0 Å². The molecule has 0 atom stereocenters. The first-order valence-corrected chi connectivity index (χ1v) is 8.16. The van der Waals surface area contributed by atoms with Gasteiger partial charge in [0.1, 0.15) is 23.0 Å². The summed E-state index contributed by atoms with van der Waals surface area (Å²) in [5.74, 6) is 3.05. The van der Waals surface area contributed by atoms with Crippen molar-refractivity contribution in [3.05, 3.63) is 71.8 Å². The quantitative estimate of drug-likeness (QED) is 0.626. The van der Waals surface area contributed by atoms with E-state index in [2.05, 4.69) is 0 Å². The minimum Gasteiger partial charge on any atom is -0.497 e. The van der Waals surface area contributed by atoms with Crippen LogP contribution >= 0.6 is 0 Å². The van der Waals surface area contributed by atoms with Crippen LogP contribution in [0.2, 0.25) is 0 Å². The van der Waals surface area contributed by atoms with Gasteiger partial charge in [0.25, 0.3) is 0 Å². The summed E-state index contributed by atoms with van der Waals surface area (Å²) >= 11 is 0. The van der Waals surface area contributed by atoms with Crippen LogP contribution in [0.4, 0.5) is 0 Å². The highest BCUT2D eigenvalue weighted by molar-refractivity contribution is 5.58. The molecule has 4 nitrogen and oxygen atoms in total. The molecule has 0 unspecified atom stereocenters. The Kier molecular flexibility index (Phi) is 7.37. The maximum Gasteiger partial charge on any atom is 0.123 e. The van der Waals surface area contributed by atoms with Crippen molar-refractivity contribution in [2.45, 2.75) is 0 Å². The third-order valence-corrected chi connectivity index (χ3v) is 3.66. The van der Waals surface area contributed by atoms with Crippen molar-refractivity contribution in [2.75, 3.05) is 28.4 Å². The van der Waals surface area contributed by atoms with Crippen LogP contribution in [0.25, 0.3) is 12.2 Å². The number of hydrogen-bond acceptors (Lipinski definition) is 4. The standard InChI is InChI=1S/C22H24O4/c1-23-19-11-17(12-20(15-19)24-2)9-7-5-6-8-10-18-13-21(25-3)16-22(14-18)26-4/h5-16H,1-4H3/b6-5+,9-7+,10-8+. The van der Waals surface area contributed by atoms with Crippen LogP contribution in [0.1, 0.15) is 11.1 Å². The third kappa shape index (κ3) is 5.74. The maximum atomic E-state index is 5.27. The molecule has 0 bridgehead atoms. The second-order valence-electron chi connectivity index (χ2n) is 5.40. The highest BCUT2D eigenvalue weighted by Crippen LogP contribution is 2.24. The molecule has 2 rings (SSSR count). The van der Waals surface area contributed by atoms with Crippen molar-refractivity contribution in [1.82, 2.24) is 0 Å². The zero-order valence-electron chi connectivity index (χ0n) is 15.6. The molecular weight excluding hydrogens is 328 g/mol.